The van der Waals surface area contributed by atoms with Crippen molar-refractivity contribution in [3.8, 4) is 0 Å². The molecule has 0 aromatic carbocycles. The maximum Gasteiger partial charge on any atom is 0.105 e. The van der Waals surface area contributed by atoms with Crippen molar-refractivity contribution in [3.63, 3.8) is 0 Å². The van der Waals surface area contributed by atoms with Gasteiger partial charge in [0.05, 0.1) is 6.26 Å². The Labute approximate surface area is 79.1 Å². The Balaban J connectivity index is 1.90. The maximum atomic E-state index is 5.20. The fraction of sp³-hybridized carbons (Fsp3) is 0.600. The molecule has 3 heteroatoms. The van der Waals surface area contributed by atoms with Gasteiger partial charge in [0.15, 0.2) is 0 Å². The van der Waals surface area contributed by atoms with E-state index in [1.165, 1.54) is 0 Å². The van der Waals surface area contributed by atoms with Gasteiger partial charge in [-0.1, -0.05) is 0 Å². The molecule has 0 radical (unpaired) electrons. The van der Waals surface area contributed by atoms with E-state index in [1.807, 2.05) is 12.1 Å². The summed E-state index contributed by atoms with van der Waals surface area (Å²) in [5.41, 5.74) is 0. The second-order valence-electron chi connectivity index (χ2n) is 2.93. The van der Waals surface area contributed by atoms with Gasteiger partial charge in [0, 0.05) is 26.7 Å². The normalized spacial score (nSPS) is 10.5. The second kappa shape index (κ2) is 6.69. The van der Waals surface area contributed by atoms with Crippen LogP contribution < -0.4 is 5.32 Å². The highest BCUT2D eigenvalue weighted by Crippen LogP contribution is 1.99. The van der Waals surface area contributed by atoms with Crippen LogP contribution in [0.4, 0.5) is 0 Å². The fourth-order valence-corrected chi connectivity index (χ4v) is 1.13. The van der Waals surface area contributed by atoms with Crippen molar-refractivity contribution in [2.75, 3.05) is 26.8 Å². The number of furan rings is 1. The second-order valence-corrected chi connectivity index (χ2v) is 2.93. The third-order valence-electron chi connectivity index (χ3n) is 1.83. The summed E-state index contributed by atoms with van der Waals surface area (Å²) in [5.74, 6) is 1.04. The molecule has 0 spiro atoms. The molecular weight excluding hydrogens is 166 g/mol. The molecule has 0 aliphatic carbocycles. The van der Waals surface area contributed by atoms with Gasteiger partial charge >= 0.3 is 0 Å². The monoisotopic (exact) mass is 183 g/mol. The van der Waals surface area contributed by atoms with E-state index in [0.29, 0.717) is 0 Å². The smallest absolute Gasteiger partial charge is 0.105 e. The van der Waals surface area contributed by atoms with Crippen molar-refractivity contribution in [2.45, 2.75) is 12.8 Å². The number of nitrogens with one attached hydrogen (secondary N) is 1. The number of methoxy groups -OCH3 is 1. The molecule has 0 aliphatic rings. The third-order valence-corrected chi connectivity index (χ3v) is 1.83. The molecule has 0 atom stereocenters. The van der Waals surface area contributed by atoms with Crippen LogP contribution in [-0.4, -0.2) is 26.8 Å². The zero-order chi connectivity index (χ0) is 9.36. The van der Waals surface area contributed by atoms with Gasteiger partial charge in [-0.3, -0.25) is 0 Å². The summed E-state index contributed by atoms with van der Waals surface area (Å²) in [5, 5.41) is 3.32. The summed E-state index contributed by atoms with van der Waals surface area (Å²) in [4.78, 5) is 0. The van der Waals surface area contributed by atoms with E-state index < -0.39 is 0 Å². The molecule has 0 saturated heterocycles. The molecule has 1 aromatic rings. The maximum absolute atomic E-state index is 5.20. The molecule has 74 valence electrons. The van der Waals surface area contributed by atoms with E-state index in [-0.39, 0.29) is 0 Å². The highest BCUT2D eigenvalue weighted by atomic mass is 16.5. The van der Waals surface area contributed by atoms with Crippen LogP contribution in [0.5, 0.6) is 0 Å². The quantitative estimate of drug-likeness (QED) is 0.650. The predicted molar refractivity (Wildman–Crippen MR) is 51.8 cm³/mol. The molecule has 3 nitrogen and oxygen atoms in total. The first-order valence-corrected chi connectivity index (χ1v) is 4.65. The van der Waals surface area contributed by atoms with Crippen LogP contribution in [0, 0.1) is 0 Å². The minimum Gasteiger partial charge on any atom is -0.469 e. The highest BCUT2D eigenvalue weighted by molar-refractivity contribution is 4.98. The van der Waals surface area contributed by atoms with Crippen LogP contribution in [-0.2, 0) is 11.2 Å². The van der Waals surface area contributed by atoms with Crippen LogP contribution in [0.2, 0.25) is 0 Å². The van der Waals surface area contributed by atoms with Crippen LogP contribution in [0.25, 0.3) is 0 Å². The molecule has 0 bridgehead atoms. The largest absolute Gasteiger partial charge is 0.469 e. The van der Waals surface area contributed by atoms with Crippen molar-refractivity contribution >= 4 is 0 Å². The number of hydrogen-bond acceptors (Lipinski definition) is 3. The van der Waals surface area contributed by atoms with Crippen molar-refractivity contribution in [2.24, 2.45) is 0 Å². The lowest BCUT2D eigenvalue weighted by Gasteiger charge is -2.02. The van der Waals surface area contributed by atoms with E-state index in [0.717, 1.165) is 38.3 Å². The molecule has 1 heterocycles. The van der Waals surface area contributed by atoms with Gasteiger partial charge in [-0.15, -0.1) is 0 Å². The lowest BCUT2D eigenvalue weighted by atomic mass is 10.3. The van der Waals surface area contributed by atoms with E-state index in [4.69, 9.17) is 9.15 Å². The van der Waals surface area contributed by atoms with Crippen LogP contribution in [0.1, 0.15) is 12.2 Å². The number of rotatable bonds is 7. The molecule has 0 unspecified atom stereocenters. The SMILES string of the molecule is COCCCNCCc1ccco1. The molecule has 0 aliphatic heterocycles. The van der Waals surface area contributed by atoms with Gasteiger partial charge in [0.25, 0.3) is 0 Å². The Hall–Kier alpha value is -0.800. The Morgan fingerprint density at radius 1 is 1.46 bits per heavy atom. The van der Waals surface area contributed by atoms with Crippen LogP contribution in [0.3, 0.4) is 0 Å². The topological polar surface area (TPSA) is 34.4 Å². The molecular formula is C10H17NO2. The first kappa shape index (κ1) is 10.3. The minimum absolute atomic E-state index is 0.827. The standard InChI is InChI=1S/C10H17NO2/c1-12-8-3-6-11-7-5-10-4-2-9-13-10/h2,4,9,11H,3,5-8H2,1H3. The third kappa shape index (κ3) is 4.70. The summed E-state index contributed by atoms with van der Waals surface area (Å²) < 4.78 is 10.1. The van der Waals surface area contributed by atoms with Crippen molar-refractivity contribution < 1.29 is 9.15 Å². The highest BCUT2D eigenvalue weighted by Gasteiger charge is 1.93. The zero-order valence-electron chi connectivity index (χ0n) is 8.08. The Kier molecular flexibility index (Phi) is 5.29. The van der Waals surface area contributed by atoms with Crippen molar-refractivity contribution in [1.82, 2.24) is 5.32 Å². The lowest BCUT2D eigenvalue weighted by Crippen LogP contribution is -2.19. The molecule has 1 aromatic heterocycles. The Morgan fingerprint density at radius 2 is 2.38 bits per heavy atom. The van der Waals surface area contributed by atoms with Gasteiger partial charge in [0.2, 0.25) is 0 Å². The fourth-order valence-electron chi connectivity index (χ4n) is 1.13. The van der Waals surface area contributed by atoms with Gasteiger partial charge in [-0.25, -0.2) is 0 Å². The first-order valence-electron chi connectivity index (χ1n) is 4.65. The Bertz CT molecular complexity index is 197. The van der Waals surface area contributed by atoms with E-state index in [1.54, 1.807) is 13.4 Å². The molecule has 0 saturated carbocycles. The lowest BCUT2D eigenvalue weighted by molar-refractivity contribution is 0.194. The van der Waals surface area contributed by atoms with Crippen LogP contribution >= 0.6 is 0 Å². The van der Waals surface area contributed by atoms with Crippen molar-refractivity contribution in [1.29, 1.82) is 0 Å². The van der Waals surface area contributed by atoms with E-state index >= 15 is 0 Å². The van der Waals surface area contributed by atoms with Crippen molar-refractivity contribution in [3.05, 3.63) is 24.2 Å². The van der Waals surface area contributed by atoms with E-state index in [9.17, 15) is 0 Å². The Morgan fingerprint density at radius 3 is 3.08 bits per heavy atom. The van der Waals surface area contributed by atoms with Gasteiger partial charge in [-0.05, 0) is 25.1 Å². The number of hydrogen-bond donors (Lipinski definition) is 1. The zero-order valence-corrected chi connectivity index (χ0v) is 8.08. The predicted octanol–water partition coefficient (Wildman–Crippen LogP) is 1.45. The van der Waals surface area contributed by atoms with Gasteiger partial charge < -0.3 is 14.5 Å². The first-order chi connectivity index (χ1) is 6.43. The van der Waals surface area contributed by atoms with Gasteiger partial charge in [0.1, 0.15) is 5.76 Å². The minimum atomic E-state index is 0.827. The summed E-state index contributed by atoms with van der Waals surface area (Å²) >= 11 is 0. The van der Waals surface area contributed by atoms with E-state index in [2.05, 4.69) is 5.32 Å². The summed E-state index contributed by atoms with van der Waals surface area (Å²) in [7, 11) is 1.73. The molecule has 1 N–H and O–H groups in total. The summed E-state index contributed by atoms with van der Waals surface area (Å²) in [6.45, 7) is 2.81. The molecule has 13 heavy (non-hydrogen) atoms. The molecule has 0 amide bonds. The summed E-state index contributed by atoms with van der Waals surface area (Å²) in [6.07, 6.45) is 3.73. The molecule has 1 rings (SSSR count). The number of ether oxygens (including phenoxy) is 1. The van der Waals surface area contributed by atoms with Gasteiger partial charge in [-0.2, -0.15) is 0 Å². The summed E-state index contributed by atoms with van der Waals surface area (Å²) in [6, 6.07) is 3.91. The average molecular weight is 183 g/mol. The average Bonchev–Trinajstić information content (AvgIpc) is 2.63. The van der Waals surface area contributed by atoms with Crippen LogP contribution in [0.15, 0.2) is 22.8 Å². The molecule has 0 fully saturated rings.